The van der Waals surface area contributed by atoms with E-state index in [0.29, 0.717) is 23.4 Å². The first-order valence-corrected chi connectivity index (χ1v) is 8.99. The van der Waals surface area contributed by atoms with Gasteiger partial charge < -0.3 is 15.3 Å². The lowest BCUT2D eigenvalue weighted by Gasteiger charge is -2.00. The van der Waals surface area contributed by atoms with Crippen LogP contribution in [0.4, 0.5) is 11.4 Å². The zero-order valence-electron chi connectivity index (χ0n) is 15.9. The molecule has 0 spiro atoms. The highest BCUT2D eigenvalue weighted by molar-refractivity contribution is 5.89. The van der Waals surface area contributed by atoms with Crippen LogP contribution in [-0.2, 0) is 4.79 Å². The number of hydrogen-bond acceptors (Lipinski definition) is 5. The Hall–Kier alpha value is -4.07. The Morgan fingerprint density at radius 1 is 0.733 bits per heavy atom. The summed E-state index contributed by atoms with van der Waals surface area (Å²) >= 11 is 0. The van der Waals surface area contributed by atoms with E-state index in [2.05, 4.69) is 9.98 Å². The van der Waals surface area contributed by atoms with Gasteiger partial charge in [-0.3, -0.25) is 14.8 Å². The molecule has 3 N–H and O–H groups in total. The van der Waals surface area contributed by atoms with E-state index in [4.69, 9.17) is 15.3 Å². The second-order valence-corrected chi connectivity index (χ2v) is 6.18. The molecule has 30 heavy (non-hydrogen) atoms. The van der Waals surface area contributed by atoms with Gasteiger partial charge in [0.2, 0.25) is 0 Å². The van der Waals surface area contributed by atoms with Crippen molar-refractivity contribution in [1.82, 2.24) is 0 Å². The lowest BCUT2D eigenvalue weighted by atomic mass is 10.1. The number of aliphatic imine (C=N–C) groups is 2. The molecule has 0 heterocycles. The van der Waals surface area contributed by atoms with Gasteiger partial charge in [0.25, 0.3) is 0 Å². The highest BCUT2D eigenvalue weighted by Gasteiger charge is 2.03. The maximum absolute atomic E-state index is 10.9. The molecule has 0 radical (unpaired) electrons. The van der Waals surface area contributed by atoms with E-state index in [-0.39, 0.29) is 24.0 Å². The van der Waals surface area contributed by atoms with Crippen molar-refractivity contribution in [3.8, 4) is 0 Å². The van der Waals surface area contributed by atoms with Gasteiger partial charge in [0.1, 0.15) is 0 Å². The van der Waals surface area contributed by atoms with Crippen LogP contribution in [0, 0.1) is 0 Å². The normalized spacial score (nSPS) is 11.8. The number of aliphatic carboxylic acids is 1. The second-order valence-electron chi connectivity index (χ2n) is 6.18. The molecule has 0 bridgehead atoms. The molecule has 0 fully saturated rings. The first-order chi connectivity index (χ1) is 14.3. The van der Waals surface area contributed by atoms with Crippen molar-refractivity contribution in [2.24, 2.45) is 9.98 Å². The average Bonchev–Trinajstić information content (AvgIpc) is 2.73. The molecule has 2 aromatic rings. The predicted molar refractivity (Wildman–Crippen MR) is 113 cm³/mol. The summed E-state index contributed by atoms with van der Waals surface area (Å²) in [5, 5.41) is 26.7. The molecule has 2 aromatic carbocycles. The zero-order chi connectivity index (χ0) is 21.9. The third-order valence-electron chi connectivity index (χ3n) is 3.96. The maximum Gasteiger partial charge on any atom is 0.335 e. The number of nitrogens with zero attached hydrogens (tertiary/aromatic N) is 2. The van der Waals surface area contributed by atoms with E-state index >= 15 is 0 Å². The van der Waals surface area contributed by atoms with Crippen molar-refractivity contribution in [2.45, 2.75) is 19.3 Å². The predicted octanol–water partition coefficient (Wildman–Crippen LogP) is 4.37. The fraction of sp³-hybridized carbons (Fsp3) is 0.136. The highest BCUT2D eigenvalue weighted by Crippen LogP contribution is 2.15. The van der Waals surface area contributed by atoms with Crippen LogP contribution in [0.15, 0.2) is 70.2 Å². The zero-order valence-corrected chi connectivity index (χ0v) is 15.9. The summed E-state index contributed by atoms with van der Waals surface area (Å²) in [6.07, 6.45) is 5.64. The Labute approximate surface area is 172 Å². The number of benzene rings is 2. The van der Waals surface area contributed by atoms with Gasteiger partial charge in [-0.15, -0.1) is 0 Å². The van der Waals surface area contributed by atoms with Crippen molar-refractivity contribution in [2.75, 3.05) is 0 Å². The first-order valence-electron chi connectivity index (χ1n) is 8.99. The lowest BCUT2D eigenvalue weighted by molar-refractivity contribution is -0.136. The molecule has 0 aliphatic heterocycles. The van der Waals surface area contributed by atoms with Crippen LogP contribution in [0.1, 0.15) is 40.0 Å². The molecule has 0 saturated carbocycles. The average molecular weight is 408 g/mol. The van der Waals surface area contributed by atoms with Crippen LogP contribution < -0.4 is 0 Å². The third-order valence-corrected chi connectivity index (χ3v) is 3.96. The van der Waals surface area contributed by atoms with E-state index in [1.54, 1.807) is 42.8 Å². The molecule has 8 heteroatoms. The van der Waals surface area contributed by atoms with Crippen LogP contribution in [0.5, 0.6) is 0 Å². The Morgan fingerprint density at radius 3 is 1.70 bits per heavy atom. The van der Waals surface area contributed by atoms with Gasteiger partial charge in [0.15, 0.2) is 0 Å². The summed E-state index contributed by atoms with van der Waals surface area (Å²) in [6.45, 7) is 0. The molecule has 0 amide bonds. The summed E-state index contributed by atoms with van der Waals surface area (Å²) in [7, 11) is 0. The monoisotopic (exact) mass is 408 g/mol. The number of allylic oxidation sites excluding steroid dienone is 2. The minimum absolute atomic E-state index is 0.0520. The molecule has 8 nitrogen and oxygen atoms in total. The van der Waals surface area contributed by atoms with Crippen LogP contribution in [-0.4, -0.2) is 45.7 Å². The van der Waals surface area contributed by atoms with Gasteiger partial charge in [0, 0.05) is 25.3 Å². The van der Waals surface area contributed by atoms with Crippen molar-refractivity contribution in [3.05, 3.63) is 71.3 Å². The fourth-order valence-electron chi connectivity index (χ4n) is 2.37. The number of hydrogen-bond donors (Lipinski definition) is 3. The molecule has 0 aliphatic rings. The quantitative estimate of drug-likeness (QED) is 0.499. The summed E-state index contributed by atoms with van der Waals surface area (Å²) in [4.78, 5) is 41.1. The fourth-order valence-corrected chi connectivity index (χ4v) is 2.37. The van der Waals surface area contributed by atoms with Gasteiger partial charge in [0.05, 0.1) is 22.5 Å². The number of carboxylic acid groups (broad SMARTS) is 3. The topological polar surface area (TPSA) is 137 Å². The molecule has 154 valence electrons. The molecule has 0 unspecified atom stereocenters. The van der Waals surface area contributed by atoms with Gasteiger partial charge in [-0.05, 0) is 60.5 Å². The molecular weight excluding hydrogens is 388 g/mol. The Morgan fingerprint density at radius 2 is 1.23 bits per heavy atom. The van der Waals surface area contributed by atoms with Gasteiger partial charge in [-0.2, -0.15) is 0 Å². The third kappa shape index (κ3) is 7.51. The molecule has 0 atom stereocenters. The standard InChI is InChI=1S/C22H20N2O6/c25-20(26)12-3-15(14-24-19-10-6-17(7-11-19)22(29)30)2-1-13-23-18-8-4-16(5-9-18)21(27)28/h2,4-11,13-14H,1,3,12H2,(H,25,26)(H,27,28)(H,29,30). The summed E-state index contributed by atoms with van der Waals surface area (Å²) in [5.41, 5.74) is 2.19. The van der Waals surface area contributed by atoms with Gasteiger partial charge in [-0.25, -0.2) is 9.59 Å². The maximum atomic E-state index is 10.9. The molecule has 0 saturated heterocycles. The number of carbonyl (C=O) groups is 3. The summed E-state index contributed by atoms with van der Waals surface area (Å²) in [5.74, 6) is -2.95. The molecular formula is C22H20N2O6. The van der Waals surface area contributed by atoms with Crippen LogP contribution >= 0.6 is 0 Å². The Bertz CT molecular complexity index is 989. The van der Waals surface area contributed by atoms with Gasteiger partial charge >= 0.3 is 17.9 Å². The van der Waals surface area contributed by atoms with Crippen molar-refractivity contribution in [3.63, 3.8) is 0 Å². The first kappa shape index (κ1) is 22.2. The summed E-state index contributed by atoms with van der Waals surface area (Å²) in [6, 6.07) is 12.1. The van der Waals surface area contributed by atoms with E-state index in [9.17, 15) is 14.4 Å². The largest absolute Gasteiger partial charge is 0.481 e. The van der Waals surface area contributed by atoms with Crippen LogP contribution in [0.3, 0.4) is 0 Å². The Balaban J connectivity index is 2.05. The second kappa shape index (κ2) is 11.1. The number of rotatable bonds is 10. The highest BCUT2D eigenvalue weighted by atomic mass is 16.4. The minimum Gasteiger partial charge on any atom is -0.481 e. The molecule has 0 aromatic heterocycles. The van der Waals surface area contributed by atoms with Crippen LogP contribution in [0.25, 0.3) is 0 Å². The summed E-state index contributed by atoms with van der Waals surface area (Å²) < 4.78 is 0. The minimum atomic E-state index is -1.02. The molecule has 0 aliphatic carbocycles. The van der Waals surface area contributed by atoms with E-state index in [1.165, 1.54) is 24.3 Å². The van der Waals surface area contributed by atoms with E-state index < -0.39 is 17.9 Å². The van der Waals surface area contributed by atoms with Crippen molar-refractivity contribution >= 4 is 41.7 Å². The van der Waals surface area contributed by atoms with Crippen molar-refractivity contribution in [1.29, 1.82) is 0 Å². The SMILES string of the molecule is O=C(O)CCC(C=Nc1ccc(C(=O)O)cc1)=CCC=Nc1ccc(C(=O)O)cc1. The van der Waals surface area contributed by atoms with E-state index in [0.717, 1.165) is 0 Å². The lowest BCUT2D eigenvalue weighted by Crippen LogP contribution is -1.97. The van der Waals surface area contributed by atoms with Crippen LogP contribution in [0.2, 0.25) is 0 Å². The van der Waals surface area contributed by atoms with E-state index in [1.807, 2.05) is 0 Å². The van der Waals surface area contributed by atoms with Crippen molar-refractivity contribution < 1.29 is 29.7 Å². The Kier molecular flexibility index (Phi) is 8.19. The number of carboxylic acids is 3. The smallest absolute Gasteiger partial charge is 0.335 e. The number of aromatic carboxylic acids is 2. The van der Waals surface area contributed by atoms with Gasteiger partial charge in [-0.1, -0.05) is 6.08 Å². The molecule has 2 rings (SSSR count).